The molecule has 0 radical (unpaired) electrons. The van der Waals surface area contributed by atoms with Gasteiger partial charge >= 0.3 is 0 Å². The number of Topliss-reactive ketones (excluding diaryl/α,β-unsaturated/α-hetero) is 1. The highest BCUT2D eigenvalue weighted by Crippen LogP contribution is 2.31. The Bertz CT molecular complexity index is 627. The number of anilines is 1. The van der Waals surface area contributed by atoms with Gasteiger partial charge in [0.1, 0.15) is 9.84 Å². The molecule has 0 aromatic heterocycles. The first-order chi connectivity index (χ1) is 9.29. The van der Waals surface area contributed by atoms with Gasteiger partial charge in [0.2, 0.25) is 0 Å². The number of nitrogens with two attached hydrogens (primary N) is 1. The summed E-state index contributed by atoms with van der Waals surface area (Å²) in [6.45, 7) is 0. The molecule has 0 amide bonds. The topological polar surface area (TPSA) is 77.2 Å². The Morgan fingerprint density at radius 2 is 2.05 bits per heavy atom. The maximum atomic E-state index is 12.4. The van der Waals surface area contributed by atoms with E-state index in [9.17, 15) is 13.2 Å². The largest absolute Gasteiger partial charge is 0.398 e. The first kappa shape index (κ1) is 15.3. The fourth-order valence-electron chi connectivity index (χ4n) is 2.70. The minimum Gasteiger partial charge on any atom is -0.398 e. The monoisotopic (exact) mass is 315 g/mol. The van der Waals surface area contributed by atoms with Gasteiger partial charge in [-0.05, 0) is 37.5 Å². The normalized spacial score (nSPS) is 23.5. The van der Waals surface area contributed by atoms with E-state index in [1.54, 1.807) is 18.2 Å². The molecule has 0 spiro atoms. The SMILES string of the molecule is CS(=O)(=O)C1CCCC(C(=O)c2ccc(Cl)c(N)c2)C1. The van der Waals surface area contributed by atoms with E-state index < -0.39 is 15.1 Å². The molecule has 0 aliphatic heterocycles. The molecule has 6 heteroatoms. The summed E-state index contributed by atoms with van der Waals surface area (Å²) in [6, 6.07) is 4.81. The Kier molecular flexibility index (Phi) is 4.39. The zero-order chi connectivity index (χ0) is 14.9. The van der Waals surface area contributed by atoms with Crippen LogP contribution in [-0.4, -0.2) is 25.7 Å². The zero-order valence-electron chi connectivity index (χ0n) is 11.3. The lowest BCUT2D eigenvalue weighted by Gasteiger charge is -2.27. The summed E-state index contributed by atoms with van der Waals surface area (Å²) in [5, 5.41) is 0.00838. The van der Waals surface area contributed by atoms with Gasteiger partial charge < -0.3 is 5.73 Å². The van der Waals surface area contributed by atoms with Crippen molar-refractivity contribution in [1.82, 2.24) is 0 Å². The summed E-state index contributed by atoms with van der Waals surface area (Å²) in [5.74, 6) is -0.286. The zero-order valence-corrected chi connectivity index (χ0v) is 12.9. The molecule has 2 N–H and O–H groups in total. The Morgan fingerprint density at radius 3 is 2.65 bits per heavy atom. The lowest BCUT2D eigenvalue weighted by molar-refractivity contribution is 0.0891. The average molecular weight is 316 g/mol. The maximum absolute atomic E-state index is 12.4. The number of sulfone groups is 1. The van der Waals surface area contributed by atoms with Crippen molar-refractivity contribution in [2.75, 3.05) is 12.0 Å². The smallest absolute Gasteiger partial charge is 0.166 e. The minimum atomic E-state index is -3.09. The van der Waals surface area contributed by atoms with E-state index in [4.69, 9.17) is 17.3 Å². The quantitative estimate of drug-likeness (QED) is 0.687. The van der Waals surface area contributed by atoms with E-state index in [1.165, 1.54) is 6.26 Å². The summed E-state index contributed by atoms with van der Waals surface area (Å²) in [7, 11) is -3.09. The third-order valence-electron chi connectivity index (χ3n) is 3.88. The highest BCUT2D eigenvalue weighted by Gasteiger charge is 2.32. The molecule has 1 fully saturated rings. The molecular weight excluding hydrogens is 298 g/mol. The number of halogens is 1. The van der Waals surface area contributed by atoms with Crippen LogP contribution in [0.5, 0.6) is 0 Å². The van der Waals surface area contributed by atoms with Crippen molar-refractivity contribution in [3.8, 4) is 0 Å². The van der Waals surface area contributed by atoms with Gasteiger partial charge in [0.15, 0.2) is 5.78 Å². The second kappa shape index (κ2) is 5.74. The maximum Gasteiger partial charge on any atom is 0.166 e. The van der Waals surface area contributed by atoms with E-state index in [0.717, 1.165) is 12.8 Å². The molecule has 4 nitrogen and oxygen atoms in total. The average Bonchev–Trinajstić information content (AvgIpc) is 2.40. The van der Waals surface area contributed by atoms with Crippen molar-refractivity contribution in [3.05, 3.63) is 28.8 Å². The lowest BCUT2D eigenvalue weighted by atomic mass is 9.83. The van der Waals surface area contributed by atoms with Crippen molar-refractivity contribution >= 4 is 32.9 Å². The summed E-state index contributed by atoms with van der Waals surface area (Å²) in [5.41, 5.74) is 6.58. The van der Waals surface area contributed by atoms with E-state index in [0.29, 0.717) is 29.1 Å². The van der Waals surface area contributed by atoms with Gasteiger partial charge in [0.25, 0.3) is 0 Å². The second-order valence-corrected chi connectivity index (χ2v) is 8.15. The number of ketones is 1. The summed E-state index contributed by atoms with van der Waals surface area (Å²) in [4.78, 5) is 12.4. The molecule has 1 aromatic carbocycles. The molecule has 2 atom stereocenters. The van der Waals surface area contributed by atoms with Gasteiger partial charge in [-0.3, -0.25) is 4.79 Å². The van der Waals surface area contributed by atoms with E-state index in [2.05, 4.69) is 0 Å². The number of hydrogen-bond acceptors (Lipinski definition) is 4. The molecule has 0 heterocycles. The van der Waals surface area contributed by atoms with Crippen molar-refractivity contribution in [2.24, 2.45) is 5.92 Å². The molecular formula is C14H18ClNO3S. The fourth-order valence-corrected chi connectivity index (χ4v) is 4.00. The molecule has 1 aliphatic carbocycles. The van der Waals surface area contributed by atoms with E-state index >= 15 is 0 Å². The predicted octanol–water partition coefficient (Wildman–Crippen LogP) is 2.71. The number of benzene rings is 1. The third-order valence-corrected chi connectivity index (χ3v) is 5.87. The number of rotatable bonds is 3. The molecule has 0 bridgehead atoms. The van der Waals surface area contributed by atoms with Crippen LogP contribution in [0.4, 0.5) is 5.69 Å². The van der Waals surface area contributed by atoms with Crippen LogP contribution in [0.25, 0.3) is 0 Å². The second-order valence-electron chi connectivity index (χ2n) is 5.42. The van der Waals surface area contributed by atoms with Crippen LogP contribution < -0.4 is 5.73 Å². The van der Waals surface area contributed by atoms with Gasteiger partial charge in [0.05, 0.1) is 16.0 Å². The Balaban J connectivity index is 2.18. The fraction of sp³-hybridized carbons (Fsp3) is 0.500. The number of hydrogen-bond donors (Lipinski definition) is 1. The first-order valence-electron chi connectivity index (χ1n) is 6.57. The lowest BCUT2D eigenvalue weighted by Crippen LogP contribution is -2.31. The highest BCUT2D eigenvalue weighted by atomic mass is 35.5. The van der Waals surface area contributed by atoms with Crippen LogP contribution in [0.2, 0.25) is 5.02 Å². The van der Waals surface area contributed by atoms with E-state index in [1.807, 2.05) is 0 Å². The van der Waals surface area contributed by atoms with Crippen LogP contribution in [-0.2, 0) is 9.84 Å². The predicted molar refractivity (Wildman–Crippen MR) is 80.8 cm³/mol. The van der Waals surface area contributed by atoms with Crippen molar-refractivity contribution < 1.29 is 13.2 Å². The van der Waals surface area contributed by atoms with Gasteiger partial charge in [-0.25, -0.2) is 8.42 Å². The van der Waals surface area contributed by atoms with Crippen molar-refractivity contribution in [1.29, 1.82) is 0 Å². The standard InChI is InChI=1S/C14H18ClNO3S/c1-20(18,19)11-4-2-3-9(7-11)14(17)10-5-6-12(15)13(16)8-10/h5-6,8-9,11H,2-4,7,16H2,1H3. The first-order valence-corrected chi connectivity index (χ1v) is 8.90. The highest BCUT2D eigenvalue weighted by molar-refractivity contribution is 7.91. The van der Waals surface area contributed by atoms with Crippen molar-refractivity contribution in [3.63, 3.8) is 0 Å². The Hall–Kier alpha value is -1.07. The van der Waals surface area contributed by atoms with Gasteiger partial charge in [-0.15, -0.1) is 0 Å². The molecule has 2 unspecified atom stereocenters. The van der Waals surface area contributed by atoms with Gasteiger partial charge in [-0.2, -0.15) is 0 Å². The summed E-state index contributed by atoms with van der Waals surface area (Å²) < 4.78 is 23.3. The molecule has 1 saturated carbocycles. The van der Waals surface area contributed by atoms with Gasteiger partial charge in [-0.1, -0.05) is 18.0 Å². The van der Waals surface area contributed by atoms with Crippen LogP contribution >= 0.6 is 11.6 Å². The molecule has 20 heavy (non-hydrogen) atoms. The molecule has 110 valence electrons. The van der Waals surface area contributed by atoms with E-state index in [-0.39, 0.29) is 11.7 Å². The third kappa shape index (κ3) is 3.33. The molecule has 1 aromatic rings. The molecule has 2 rings (SSSR count). The number of carbonyl (C=O) groups is 1. The van der Waals surface area contributed by atoms with Crippen LogP contribution in [0.3, 0.4) is 0 Å². The number of carbonyl (C=O) groups excluding carboxylic acids is 1. The van der Waals surface area contributed by atoms with Gasteiger partial charge in [0, 0.05) is 17.7 Å². The molecule has 1 aliphatic rings. The summed E-state index contributed by atoms with van der Waals surface area (Å²) >= 11 is 5.84. The Labute approximate surface area is 124 Å². The van der Waals surface area contributed by atoms with Crippen LogP contribution in [0.1, 0.15) is 36.0 Å². The van der Waals surface area contributed by atoms with Crippen LogP contribution in [0, 0.1) is 5.92 Å². The van der Waals surface area contributed by atoms with Crippen molar-refractivity contribution in [2.45, 2.75) is 30.9 Å². The number of nitrogen functional groups attached to an aromatic ring is 1. The Morgan fingerprint density at radius 1 is 1.35 bits per heavy atom. The summed E-state index contributed by atoms with van der Waals surface area (Å²) in [6.07, 6.45) is 3.78. The van der Waals surface area contributed by atoms with Crippen LogP contribution in [0.15, 0.2) is 18.2 Å². The molecule has 0 saturated heterocycles. The minimum absolute atomic E-state index is 0.0401.